The number of rotatable bonds is 5. The van der Waals surface area contributed by atoms with Gasteiger partial charge in [0.1, 0.15) is 12.6 Å². The standard InChI is InChI=1S/C25H27N3O6/c1-33-21-12-16-11-20-25(30)26(17-5-3-4-6-17)14-23(29)27(20)24(19(16)13-22(21)34-2)15-7-9-18(10-8-15)28(31)32/h7-10,12-13,17,20,24H,3-6,11,14H2,1-2H3/t20-,24-/m0/s1. The first-order valence-corrected chi connectivity index (χ1v) is 11.5. The Morgan fingerprint density at radius 3 is 2.26 bits per heavy atom. The predicted octanol–water partition coefficient (Wildman–Crippen LogP) is 3.24. The first-order chi connectivity index (χ1) is 16.4. The smallest absolute Gasteiger partial charge is 0.269 e. The van der Waals surface area contributed by atoms with E-state index < -0.39 is 17.0 Å². The number of non-ortho nitro benzene ring substituents is 1. The van der Waals surface area contributed by atoms with E-state index in [4.69, 9.17) is 9.47 Å². The van der Waals surface area contributed by atoms with Gasteiger partial charge in [0.05, 0.1) is 25.2 Å². The summed E-state index contributed by atoms with van der Waals surface area (Å²) < 4.78 is 11.0. The van der Waals surface area contributed by atoms with Gasteiger partial charge in [-0.2, -0.15) is 0 Å². The summed E-state index contributed by atoms with van der Waals surface area (Å²) in [6, 6.07) is 8.82. The van der Waals surface area contributed by atoms with Gasteiger partial charge in [-0.1, -0.05) is 12.8 Å². The van der Waals surface area contributed by atoms with E-state index in [1.54, 1.807) is 36.2 Å². The molecular formula is C25H27N3O6. The zero-order valence-corrected chi connectivity index (χ0v) is 19.2. The van der Waals surface area contributed by atoms with Gasteiger partial charge in [-0.15, -0.1) is 0 Å². The van der Waals surface area contributed by atoms with Gasteiger partial charge in [-0.25, -0.2) is 0 Å². The molecule has 1 saturated heterocycles. The summed E-state index contributed by atoms with van der Waals surface area (Å²) in [6.07, 6.45) is 4.38. The van der Waals surface area contributed by atoms with Crippen LogP contribution in [0.2, 0.25) is 0 Å². The van der Waals surface area contributed by atoms with E-state index in [0.29, 0.717) is 23.5 Å². The van der Waals surface area contributed by atoms with E-state index in [0.717, 1.165) is 36.8 Å². The van der Waals surface area contributed by atoms with Crippen LogP contribution in [0.4, 0.5) is 5.69 Å². The highest BCUT2D eigenvalue weighted by Crippen LogP contribution is 2.45. The molecule has 178 valence electrons. The number of carbonyl (C=O) groups excluding carboxylic acids is 2. The molecule has 0 N–H and O–H groups in total. The predicted molar refractivity (Wildman–Crippen MR) is 123 cm³/mol. The molecule has 0 radical (unpaired) electrons. The lowest BCUT2D eigenvalue weighted by molar-refractivity contribution is -0.384. The molecule has 2 aromatic carbocycles. The quantitative estimate of drug-likeness (QED) is 0.496. The Morgan fingerprint density at radius 1 is 1.00 bits per heavy atom. The molecule has 2 amide bonds. The summed E-state index contributed by atoms with van der Waals surface area (Å²) in [5.74, 6) is 0.938. The number of ether oxygens (including phenoxy) is 2. The molecule has 2 fully saturated rings. The van der Waals surface area contributed by atoms with Gasteiger partial charge in [-0.05, 0) is 53.8 Å². The fourth-order valence-electron chi connectivity index (χ4n) is 5.67. The molecule has 1 aliphatic carbocycles. The summed E-state index contributed by atoms with van der Waals surface area (Å²) in [7, 11) is 3.11. The molecular weight excluding hydrogens is 438 g/mol. The average Bonchev–Trinajstić information content (AvgIpc) is 3.39. The van der Waals surface area contributed by atoms with Crippen molar-refractivity contribution in [1.82, 2.24) is 9.80 Å². The maximum absolute atomic E-state index is 13.7. The number of carbonyl (C=O) groups is 2. The van der Waals surface area contributed by atoms with Crippen LogP contribution >= 0.6 is 0 Å². The second-order valence-corrected chi connectivity index (χ2v) is 9.08. The molecule has 0 spiro atoms. The third-order valence-electron chi connectivity index (χ3n) is 7.31. The van der Waals surface area contributed by atoms with Gasteiger partial charge < -0.3 is 19.3 Å². The van der Waals surface area contributed by atoms with E-state index >= 15 is 0 Å². The van der Waals surface area contributed by atoms with Crippen LogP contribution in [0.15, 0.2) is 36.4 Å². The number of piperazine rings is 1. The van der Waals surface area contributed by atoms with Crippen molar-refractivity contribution in [2.24, 2.45) is 0 Å². The lowest BCUT2D eigenvalue weighted by Crippen LogP contribution is -2.64. The maximum atomic E-state index is 13.7. The van der Waals surface area contributed by atoms with Crippen molar-refractivity contribution >= 4 is 17.5 Å². The van der Waals surface area contributed by atoms with Gasteiger partial charge in [-0.3, -0.25) is 19.7 Å². The Bertz CT molecular complexity index is 1140. The number of hydrogen-bond donors (Lipinski definition) is 0. The molecule has 0 aromatic heterocycles. The van der Waals surface area contributed by atoms with Crippen molar-refractivity contribution < 1.29 is 24.0 Å². The first kappa shape index (κ1) is 22.2. The number of benzene rings is 2. The molecule has 2 aliphatic heterocycles. The van der Waals surface area contributed by atoms with Gasteiger partial charge in [0.2, 0.25) is 11.8 Å². The molecule has 5 rings (SSSR count). The maximum Gasteiger partial charge on any atom is 0.269 e. The van der Waals surface area contributed by atoms with Crippen molar-refractivity contribution in [1.29, 1.82) is 0 Å². The third kappa shape index (κ3) is 3.55. The first-order valence-electron chi connectivity index (χ1n) is 11.5. The second-order valence-electron chi connectivity index (χ2n) is 9.08. The Balaban J connectivity index is 1.63. The molecule has 9 nitrogen and oxygen atoms in total. The summed E-state index contributed by atoms with van der Waals surface area (Å²) in [4.78, 5) is 41.4. The van der Waals surface area contributed by atoms with Crippen molar-refractivity contribution in [3.8, 4) is 11.5 Å². The van der Waals surface area contributed by atoms with Crippen LogP contribution in [0.1, 0.15) is 48.4 Å². The molecule has 0 bridgehead atoms. The zero-order valence-electron chi connectivity index (χ0n) is 19.2. The molecule has 2 atom stereocenters. The second kappa shape index (κ2) is 8.62. The minimum absolute atomic E-state index is 0.0288. The van der Waals surface area contributed by atoms with Gasteiger partial charge >= 0.3 is 0 Å². The highest BCUT2D eigenvalue weighted by molar-refractivity contribution is 5.96. The van der Waals surface area contributed by atoms with Gasteiger partial charge in [0.25, 0.3) is 5.69 Å². The van der Waals surface area contributed by atoms with E-state index in [-0.39, 0.29) is 30.1 Å². The fraction of sp³-hybridized carbons (Fsp3) is 0.440. The molecule has 9 heteroatoms. The number of nitrogens with zero attached hydrogens (tertiary/aromatic N) is 3. The van der Waals surface area contributed by atoms with E-state index in [1.165, 1.54) is 12.1 Å². The third-order valence-corrected chi connectivity index (χ3v) is 7.31. The summed E-state index contributed by atoms with van der Waals surface area (Å²) in [6.45, 7) is 0.0616. The van der Waals surface area contributed by atoms with Crippen LogP contribution in [-0.4, -0.2) is 59.4 Å². The number of hydrogen-bond acceptors (Lipinski definition) is 6. The SMILES string of the molecule is COc1cc2c(cc1OC)[C@H](c1ccc([N+](=O)[O-])cc1)N1C(=O)CN(C3CCCC3)C(=O)[C@@H]1C2. The topological polar surface area (TPSA) is 102 Å². The Labute approximate surface area is 197 Å². The van der Waals surface area contributed by atoms with Crippen molar-refractivity contribution in [2.45, 2.75) is 50.2 Å². The van der Waals surface area contributed by atoms with Crippen molar-refractivity contribution in [3.63, 3.8) is 0 Å². The number of methoxy groups -OCH3 is 2. The Morgan fingerprint density at radius 2 is 1.65 bits per heavy atom. The number of amides is 2. The van der Waals surface area contributed by atoms with E-state index in [1.807, 2.05) is 12.1 Å². The van der Waals surface area contributed by atoms with Crippen LogP contribution in [0.25, 0.3) is 0 Å². The van der Waals surface area contributed by atoms with Gasteiger partial charge in [0, 0.05) is 24.6 Å². The minimum atomic E-state index is -0.632. The van der Waals surface area contributed by atoms with Crippen LogP contribution in [0, 0.1) is 10.1 Å². The average molecular weight is 466 g/mol. The van der Waals surface area contributed by atoms with Crippen molar-refractivity contribution in [2.75, 3.05) is 20.8 Å². The molecule has 34 heavy (non-hydrogen) atoms. The number of fused-ring (bicyclic) bond motifs is 2. The highest BCUT2D eigenvalue weighted by atomic mass is 16.6. The molecule has 2 aromatic rings. The summed E-state index contributed by atoms with van der Waals surface area (Å²) >= 11 is 0. The van der Waals surface area contributed by atoms with E-state index in [2.05, 4.69) is 0 Å². The zero-order chi connectivity index (χ0) is 24.0. The van der Waals surface area contributed by atoms with Crippen LogP contribution < -0.4 is 9.47 Å². The fourth-order valence-corrected chi connectivity index (χ4v) is 5.67. The van der Waals surface area contributed by atoms with Crippen LogP contribution in [0.3, 0.4) is 0 Å². The largest absolute Gasteiger partial charge is 0.493 e. The lowest BCUT2D eigenvalue weighted by atomic mass is 9.82. The van der Waals surface area contributed by atoms with Gasteiger partial charge in [0.15, 0.2) is 11.5 Å². The van der Waals surface area contributed by atoms with Crippen molar-refractivity contribution in [3.05, 3.63) is 63.2 Å². The normalized spacial score (nSPS) is 22.4. The lowest BCUT2D eigenvalue weighted by Gasteiger charge is -2.49. The molecule has 0 unspecified atom stereocenters. The summed E-state index contributed by atoms with van der Waals surface area (Å²) in [5, 5.41) is 11.2. The van der Waals surface area contributed by atoms with E-state index in [9.17, 15) is 19.7 Å². The number of nitro benzene ring substituents is 1. The Kier molecular flexibility index (Phi) is 5.63. The van der Waals surface area contributed by atoms with Crippen LogP contribution in [-0.2, 0) is 16.0 Å². The Hall–Kier alpha value is -3.62. The molecule has 2 heterocycles. The summed E-state index contributed by atoms with van der Waals surface area (Å²) in [5.41, 5.74) is 2.41. The minimum Gasteiger partial charge on any atom is -0.493 e. The number of nitro groups is 1. The molecule has 1 saturated carbocycles. The highest BCUT2D eigenvalue weighted by Gasteiger charge is 2.49. The van der Waals surface area contributed by atoms with Crippen LogP contribution in [0.5, 0.6) is 11.5 Å². The monoisotopic (exact) mass is 465 g/mol. The molecule has 3 aliphatic rings.